The molecular formula is C25H26N4O2. The summed E-state index contributed by atoms with van der Waals surface area (Å²) in [6.45, 7) is 6.19. The Morgan fingerprint density at radius 3 is 2.32 bits per heavy atom. The standard InChI is InChI=1S/C25H26N4O2/c1-17-12-18(2)15-29(14-17)24-23(27-21-10-6-7-11-22(21)28-24)20(13-26)25(30)31-16-19-8-4-3-5-9-19/h3-11,17-18,20H,12,14-16H2,1-2H3. The van der Waals surface area contributed by atoms with E-state index in [0.29, 0.717) is 28.9 Å². The predicted molar refractivity (Wildman–Crippen MR) is 119 cm³/mol. The second-order valence-electron chi connectivity index (χ2n) is 8.43. The van der Waals surface area contributed by atoms with Gasteiger partial charge in [0.05, 0.1) is 17.1 Å². The number of anilines is 1. The Morgan fingerprint density at radius 2 is 1.68 bits per heavy atom. The number of hydrogen-bond donors (Lipinski definition) is 0. The molecule has 1 fully saturated rings. The third-order valence-electron chi connectivity index (χ3n) is 5.61. The number of carbonyl (C=O) groups excluding carboxylic acids is 1. The van der Waals surface area contributed by atoms with Gasteiger partial charge in [0, 0.05) is 13.1 Å². The van der Waals surface area contributed by atoms with Crippen molar-refractivity contribution in [3.63, 3.8) is 0 Å². The number of carbonyl (C=O) groups is 1. The van der Waals surface area contributed by atoms with Crippen LogP contribution in [-0.2, 0) is 16.1 Å². The maximum absolute atomic E-state index is 12.9. The molecule has 1 aromatic heterocycles. The molecule has 158 valence electrons. The van der Waals surface area contributed by atoms with Crippen LogP contribution in [0.3, 0.4) is 0 Å². The Kier molecular flexibility index (Phi) is 6.13. The van der Waals surface area contributed by atoms with Crippen LogP contribution in [0.15, 0.2) is 54.6 Å². The molecule has 1 aliphatic rings. The number of esters is 1. The number of nitriles is 1. The molecule has 6 nitrogen and oxygen atoms in total. The Morgan fingerprint density at radius 1 is 1.06 bits per heavy atom. The van der Waals surface area contributed by atoms with Gasteiger partial charge in [-0.3, -0.25) is 4.79 Å². The third-order valence-corrected chi connectivity index (χ3v) is 5.61. The van der Waals surface area contributed by atoms with Crippen molar-refractivity contribution in [2.45, 2.75) is 32.8 Å². The average molecular weight is 415 g/mol. The molecule has 0 aliphatic carbocycles. The molecule has 3 aromatic rings. The Balaban J connectivity index is 1.69. The van der Waals surface area contributed by atoms with E-state index in [-0.39, 0.29) is 6.61 Å². The number of benzene rings is 2. The van der Waals surface area contributed by atoms with E-state index in [1.54, 1.807) is 0 Å². The molecule has 1 aliphatic heterocycles. The van der Waals surface area contributed by atoms with E-state index < -0.39 is 11.9 Å². The van der Waals surface area contributed by atoms with E-state index in [2.05, 4.69) is 24.8 Å². The van der Waals surface area contributed by atoms with Crippen molar-refractivity contribution in [1.82, 2.24) is 9.97 Å². The number of ether oxygens (including phenoxy) is 1. The van der Waals surface area contributed by atoms with Crippen molar-refractivity contribution in [3.8, 4) is 6.07 Å². The van der Waals surface area contributed by atoms with E-state index >= 15 is 0 Å². The quantitative estimate of drug-likeness (QED) is 0.574. The summed E-state index contributed by atoms with van der Waals surface area (Å²) < 4.78 is 5.48. The SMILES string of the molecule is CC1CC(C)CN(c2nc3ccccc3nc2C(C#N)C(=O)OCc2ccccc2)C1. The van der Waals surface area contributed by atoms with Crippen molar-refractivity contribution in [2.75, 3.05) is 18.0 Å². The van der Waals surface area contributed by atoms with Crippen LogP contribution in [0.1, 0.15) is 37.4 Å². The monoisotopic (exact) mass is 414 g/mol. The molecule has 0 spiro atoms. The molecule has 2 heterocycles. The highest BCUT2D eigenvalue weighted by atomic mass is 16.5. The summed E-state index contributed by atoms with van der Waals surface area (Å²) in [4.78, 5) is 24.6. The van der Waals surface area contributed by atoms with Gasteiger partial charge in [-0.25, -0.2) is 9.97 Å². The van der Waals surface area contributed by atoms with E-state index in [1.807, 2.05) is 54.6 Å². The lowest BCUT2D eigenvalue weighted by molar-refractivity contribution is -0.145. The van der Waals surface area contributed by atoms with Crippen molar-refractivity contribution in [2.24, 2.45) is 11.8 Å². The highest BCUT2D eigenvalue weighted by molar-refractivity contribution is 5.85. The summed E-state index contributed by atoms with van der Waals surface area (Å²) in [5.41, 5.74) is 2.66. The molecule has 4 rings (SSSR count). The summed E-state index contributed by atoms with van der Waals surface area (Å²) in [6, 6.07) is 19.1. The first-order valence-corrected chi connectivity index (χ1v) is 10.7. The normalized spacial score (nSPS) is 19.6. The van der Waals surface area contributed by atoms with Crippen LogP contribution in [0.5, 0.6) is 0 Å². The number of rotatable bonds is 5. The van der Waals surface area contributed by atoms with Crippen molar-refractivity contribution in [1.29, 1.82) is 5.26 Å². The second-order valence-corrected chi connectivity index (χ2v) is 8.43. The Labute approximate surface area is 182 Å². The molecule has 0 saturated carbocycles. The average Bonchev–Trinajstić information content (AvgIpc) is 2.78. The molecule has 6 heteroatoms. The number of para-hydroxylation sites is 2. The highest BCUT2D eigenvalue weighted by Gasteiger charge is 2.32. The minimum absolute atomic E-state index is 0.117. The van der Waals surface area contributed by atoms with Gasteiger partial charge in [0.1, 0.15) is 12.3 Å². The molecule has 1 saturated heterocycles. The van der Waals surface area contributed by atoms with Gasteiger partial charge < -0.3 is 9.64 Å². The first-order chi connectivity index (χ1) is 15.0. The van der Waals surface area contributed by atoms with Gasteiger partial charge in [-0.05, 0) is 36.0 Å². The van der Waals surface area contributed by atoms with Gasteiger partial charge in [-0.2, -0.15) is 5.26 Å². The van der Waals surface area contributed by atoms with Crippen LogP contribution in [0.4, 0.5) is 5.82 Å². The van der Waals surface area contributed by atoms with E-state index in [0.717, 1.165) is 30.6 Å². The smallest absolute Gasteiger partial charge is 0.330 e. The van der Waals surface area contributed by atoms with E-state index in [1.165, 1.54) is 0 Å². The summed E-state index contributed by atoms with van der Waals surface area (Å²) in [5.74, 6) is -0.134. The zero-order chi connectivity index (χ0) is 21.8. The summed E-state index contributed by atoms with van der Waals surface area (Å²) in [7, 11) is 0. The molecule has 3 unspecified atom stereocenters. The zero-order valence-electron chi connectivity index (χ0n) is 17.9. The van der Waals surface area contributed by atoms with Crippen LogP contribution in [0, 0.1) is 23.2 Å². The topological polar surface area (TPSA) is 79.1 Å². The van der Waals surface area contributed by atoms with Crippen LogP contribution in [0.2, 0.25) is 0 Å². The summed E-state index contributed by atoms with van der Waals surface area (Å²) >= 11 is 0. The number of nitrogens with zero attached hydrogens (tertiary/aromatic N) is 4. The van der Waals surface area contributed by atoms with Gasteiger partial charge >= 0.3 is 5.97 Å². The first kappa shape index (κ1) is 20.8. The maximum atomic E-state index is 12.9. The molecule has 0 bridgehead atoms. The van der Waals surface area contributed by atoms with Gasteiger partial charge in [0.15, 0.2) is 11.7 Å². The van der Waals surface area contributed by atoms with Crippen LogP contribution in [-0.4, -0.2) is 29.0 Å². The van der Waals surface area contributed by atoms with Crippen molar-refractivity contribution in [3.05, 3.63) is 65.9 Å². The maximum Gasteiger partial charge on any atom is 0.330 e. The number of hydrogen-bond acceptors (Lipinski definition) is 6. The fraction of sp³-hybridized carbons (Fsp3) is 0.360. The number of fused-ring (bicyclic) bond motifs is 1. The van der Waals surface area contributed by atoms with Gasteiger partial charge in [-0.1, -0.05) is 56.3 Å². The Hall–Kier alpha value is -3.46. The van der Waals surface area contributed by atoms with Gasteiger partial charge in [0.25, 0.3) is 0 Å². The zero-order valence-corrected chi connectivity index (χ0v) is 17.9. The summed E-state index contributed by atoms with van der Waals surface area (Å²) in [5, 5.41) is 9.91. The molecule has 0 N–H and O–H groups in total. The van der Waals surface area contributed by atoms with E-state index in [9.17, 15) is 10.1 Å². The fourth-order valence-electron chi connectivity index (χ4n) is 4.30. The molecule has 0 amide bonds. The summed E-state index contributed by atoms with van der Waals surface area (Å²) in [6.07, 6.45) is 1.15. The molecule has 31 heavy (non-hydrogen) atoms. The lowest BCUT2D eigenvalue weighted by atomic mass is 9.91. The minimum Gasteiger partial charge on any atom is -0.460 e. The predicted octanol–water partition coefficient (Wildman–Crippen LogP) is 4.46. The first-order valence-electron chi connectivity index (χ1n) is 10.7. The van der Waals surface area contributed by atoms with Crippen molar-refractivity contribution >= 4 is 22.8 Å². The third kappa shape index (κ3) is 4.66. The molecule has 0 radical (unpaired) electrons. The minimum atomic E-state index is -1.14. The van der Waals surface area contributed by atoms with Crippen molar-refractivity contribution < 1.29 is 9.53 Å². The number of piperidine rings is 1. The highest BCUT2D eigenvalue weighted by Crippen LogP contribution is 2.32. The second kappa shape index (κ2) is 9.13. The van der Waals surface area contributed by atoms with E-state index in [4.69, 9.17) is 14.7 Å². The Bertz CT molecular complexity index is 1100. The van der Waals surface area contributed by atoms with Crippen LogP contribution in [0.25, 0.3) is 11.0 Å². The van der Waals surface area contributed by atoms with Crippen LogP contribution >= 0.6 is 0 Å². The lowest BCUT2D eigenvalue weighted by Gasteiger charge is -2.36. The fourth-order valence-corrected chi connectivity index (χ4v) is 4.30. The van der Waals surface area contributed by atoms with Crippen LogP contribution < -0.4 is 4.90 Å². The van der Waals surface area contributed by atoms with Gasteiger partial charge in [0.2, 0.25) is 0 Å². The number of aromatic nitrogens is 2. The lowest BCUT2D eigenvalue weighted by Crippen LogP contribution is -2.40. The molecular weight excluding hydrogens is 388 g/mol. The largest absolute Gasteiger partial charge is 0.460 e. The molecule has 2 aromatic carbocycles. The molecule has 3 atom stereocenters. The van der Waals surface area contributed by atoms with Gasteiger partial charge in [-0.15, -0.1) is 0 Å².